The van der Waals surface area contributed by atoms with E-state index < -0.39 is 0 Å². The van der Waals surface area contributed by atoms with Crippen molar-refractivity contribution >= 4 is 0 Å². The molecular weight excluding hydrogens is 310 g/mol. The lowest BCUT2D eigenvalue weighted by molar-refractivity contribution is 0.325. The highest BCUT2D eigenvalue weighted by molar-refractivity contribution is 5.28. The number of benzene rings is 1. The summed E-state index contributed by atoms with van der Waals surface area (Å²) in [4.78, 5) is 0. The van der Waals surface area contributed by atoms with Crippen LogP contribution in [0.1, 0.15) is 56.4 Å². The molecule has 0 bridgehead atoms. The number of rotatable bonds is 5. The Morgan fingerprint density at radius 3 is 2.44 bits per heavy atom. The average Bonchev–Trinajstić information content (AvgIpc) is 3.04. The molecule has 4 nitrogen and oxygen atoms in total. The summed E-state index contributed by atoms with van der Waals surface area (Å²) in [5, 5.41) is 8.33. The van der Waals surface area contributed by atoms with Gasteiger partial charge in [-0.25, -0.2) is 0 Å². The lowest BCUT2D eigenvalue weighted by atomic mass is 9.83. The molecule has 0 spiro atoms. The summed E-state index contributed by atoms with van der Waals surface area (Å²) < 4.78 is 7.29. The molecule has 1 saturated heterocycles. The maximum Gasteiger partial charge on any atom is 0.118 e. The fraction of sp³-hybridized carbons (Fsp3) is 0.571. The number of ether oxygens (including phenoxy) is 1. The molecule has 0 saturated carbocycles. The second-order valence-electron chi connectivity index (χ2n) is 6.62. The molecule has 1 unspecified atom stereocenters. The summed E-state index contributed by atoms with van der Waals surface area (Å²) in [6, 6.07) is 8.21. The molecule has 25 heavy (non-hydrogen) atoms. The SMILES string of the molecule is CC.COc1ccc(Cn2cc(C)c(C(C)C3CCNCC3)n2)cc1. The summed E-state index contributed by atoms with van der Waals surface area (Å²) in [5.41, 5.74) is 3.82. The third-order valence-electron chi connectivity index (χ3n) is 5.01. The maximum atomic E-state index is 5.21. The van der Waals surface area contributed by atoms with Gasteiger partial charge in [-0.2, -0.15) is 5.10 Å². The number of piperidine rings is 1. The first-order chi connectivity index (χ1) is 12.2. The Balaban J connectivity index is 0.00000109. The Labute approximate surface area is 152 Å². The molecule has 0 amide bonds. The Bertz CT molecular complexity index is 627. The third-order valence-corrected chi connectivity index (χ3v) is 5.01. The van der Waals surface area contributed by atoms with Crippen molar-refractivity contribution in [2.45, 2.75) is 53.0 Å². The zero-order valence-corrected chi connectivity index (χ0v) is 16.4. The highest BCUT2D eigenvalue weighted by Crippen LogP contribution is 2.31. The number of aryl methyl sites for hydroxylation is 1. The van der Waals surface area contributed by atoms with Crippen LogP contribution in [-0.2, 0) is 6.54 Å². The Morgan fingerprint density at radius 2 is 1.84 bits per heavy atom. The average molecular weight is 344 g/mol. The summed E-state index contributed by atoms with van der Waals surface area (Å²) >= 11 is 0. The molecule has 1 fully saturated rings. The zero-order valence-electron chi connectivity index (χ0n) is 16.4. The second-order valence-corrected chi connectivity index (χ2v) is 6.62. The maximum absolute atomic E-state index is 5.21. The second kappa shape index (κ2) is 9.62. The number of hydrogen-bond acceptors (Lipinski definition) is 3. The molecule has 1 atom stereocenters. The molecule has 3 rings (SSSR count). The van der Waals surface area contributed by atoms with Gasteiger partial charge >= 0.3 is 0 Å². The minimum atomic E-state index is 0.536. The van der Waals surface area contributed by atoms with E-state index in [4.69, 9.17) is 9.84 Å². The number of nitrogens with one attached hydrogen (secondary N) is 1. The molecule has 1 N–H and O–H groups in total. The van der Waals surface area contributed by atoms with Crippen LogP contribution in [0.3, 0.4) is 0 Å². The summed E-state index contributed by atoms with van der Waals surface area (Å²) in [6.45, 7) is 11.6. The molecule has 1 aromatic heterocycles. The van der Waals surface area contributed by atoms with Crippen molar-refractivity contribution in [2.75, 3.05) is 20.2 Å². The predicted molar refractivity (Wildman–Crippen MR) is 104 cm³/mol. The molecule has 4 heteroatoms. The van der Waals surface area contributed by atoms with Crippen molar-refractivity contribution < 1.29 is 4.74 Å². The zero-order chi connectivity index (χ0) is 18.2. The fourth-order valence-electron chi connectivity index (χ4n) is 3.55. The van der Waals surface area contributed by atoms with Crippen LogP contribution in [0.15, 0.2) is 30.5 Å². The van der Waals surface area contributed by atoms with E-state index in [9.17, 15) is 0 Å². The van der Waals surface area contributed by atoms with Gasteiger partial charge in [-0.3, -0.25) is 4.68 Å². The quantitative estimate of drug-likeness (QED) is 0.876. The molecule has 1 aromatic carbocycles. The van der Waals surface area contributed by atoms with Crippen LogP contribution in [0.25, 0.3) is 0 Å². The van der Waals surface area contributed by atoms with E-state index in [0.29, 0.717) is 5.92 Å². The van der Waals surface area contributed by atoms with Gasteiger partial charge < -0.3 is 10.1 Å². The Morgan fingerprint density at radius 1 is 1.20 bits per heavy atom. The molecule has 1 aliphatic heterocycles. The van der Waals surface area contributed by atoms with Crippen LogP contribution in [-0.4, -0.2) is 30.0 Å². The largest absolute Gasteiger partial charge is 0.497 e. The number of methoxy groups -OCH3 is 1. The lowest BCUT2D eigenvalue weighted by Gasteiger charge is -2.27. The van der Waals surface area contributed by atoms with E-state index in [2.05, 4.69) is 42.2 Å². The summed E-state index contributed by atoms with van der Waals surface area (Å²) in [5.74, 6) is 2.18. The van der Waals surface area contributed by atoms with E-state index >= 15 is 0 Å². The van der Waals surface area contributed by atoms with E-state index in [-0.39, 0.29) is 0 Å². The van der Waals surface area contributed by atoms with Gasteiger partial charge in [-0.1, -0.05) is 32.9 Å². The predicted octanol–water partition coefficient (Wildman–Crippen LogP) is 4.38. The minimum absolute atomic E-state index is 0.536. The van der Waals surface area contributed by atoms with Crippen molar-refractivity contribution in [3.05, 3.63) is 47.3 Å². The molecule has 2 aromatic rings. The minimum Gasteiger partial charge on any atom is -0.497 e. The molecule has 0 radical (unpaired) electrons. The van der Waals surface area contributed by atoms with Gasteiger partial charge in [0.15, 0.2) is 0 Å². The summed E-state index contributed by atoms with van der Waals surface area (Å²) in [7, 11) is 1.69. The molecule has 1 aliphatic rings. The van der Waals surface area contributed by atoms with Crippen molar-refractivity contribution in [2.24, 2.45) is 5.92 Å². The van der Waals surface area contributed by atoms with Gasteiger partial charge in [0, 0.05) is 12.1 Å². The van der Waals surface area contributed by atoms with E-state index in [1.54, 1.807) is 7.11 Å². The van der Waals surface area contributed by atoms with Crippen LogP contribution in [0, 0.1) is 12.8 Å². The highest BCUT2D eigenvalue weighted by Gasteiger charge is 2.24. The van der Waals surface area contributed by atoms with E-state index in [1.165, 1.54) is 29.7 Å². The molecule has 0 aliphatic carbocycles. The molecule has 138 valence electrons. The first-order valence-electron chi connectivity index (χ1n) is 9.55. The Kier molecular flexibility index (Phi) is 7.51. The normalized spacial score (nSPS) is 16.0. The van der Waals surface area contributed by atoms with Crippen molar-refractivity contribution in [1.29, 1.82) is 0 Å². The van der Waals surface area contributed by atoms with E-state index in [1.807, 2.05) is 26.0 Å². The smallest absolute Gasteiger partial charge is 0.118 e. The molecular formula is C21H33N3O. The molecule has 2 heterocycles. The van der Waals surface area contributed by atoms with Gasteiger partial charge in [0.25, 0.3) is 0 Å². The van der Waals surface area contributed by atoms with E-state index in [0.717, 1.165) is 31.3 Å². The number of nitrogens with zero attached hydrogens (tertiary/aromatic N) is 2. The van der Waals surface area contributed by atoms with Gasteiger partial charge in [0.2, 0.25) is 0 Å². The van der Waals surface area contributed by atoms with Gasteiger partial charge in [0.1, 0.15) is 5.75 Å². The number of aromatic nitrogens is 2. The Hall–Kier alpha value is -1.81. The van der Waals surface area contributed by atoms with Crippen LogP contribution < -0.4 is 10.1 Å². The topological polar surface area (TPSA) is 39.1 Å². The van der Waals surface area contributed by atoms with Gasteiger partial charge in [-0.05, 0) is 62.0 Å². The van der Waals surface area contributed by atoms with Crippen LogP contribution in [0.2, 0.25) is 0 Å². The number of hydrogen-bond donors (Lipinski definition) is 1. The fourth-order valence-corrected chi connectivity index (χ4v) is 3.55. The van der Waals surface area contributed by atoms with Crippen LogP contribution in [0.4, 0.5) is 0 Å². The van der Waals surface area contributed by atoms with Crippen LogP contribution >= 0.6 is 0 Å². The van der Waals surface area contributed by atoms with Crippen LogP contribution in [0.5, 0.6) is 5.75 Å². The van der Waals surface area contributed by atoms with Crippen molar-refractivity contribution in [1.82, 2.24) is 15.1 Å². The van der Waals surface area contributed by atoms with Crippen molar-refractivity contribution in [3.63, 3.8) is 0 Å². The highest BCUT2D eigenvalue weighted by atomic mass is 16.5. The van der Waals surface area contributed by atoms with Gasteiger partial charge in [0.05, 0.1) is 19.3 Å². The third kappa shape index (κ3) is 5.08. The first-order valence-corrected chi connectivity index (χ1v) is 9.55. The standard InChI is InChI=1S/C19H27N3O.C2H6/c1-14-12-22(13-16-4-6-18(23-3)7-5-16)21-19(14)15(2)17-8-10-20-11-9-17;1-2/h4-7,12,15,17,20H,8-11,13H2,1-3H3;1-2H3. The summed E-state index contributed by atoms with van der Waals surface area (Å²) in [6.07, 6.45) is 4.69. The van der Waals surface area contributed by atoms with Gasteiger partial charge in [-0.15, -0.1) is 0 Å². The first kappa shape index (κ1) is 19.5. The van der Waals surface area contributed by atoms with Crippen molar-refractivity contribution in [3.8, 4) is 5.75 Å². The lowest BCUT2D eigenvalue weighted by Crippen LogP contribution is -2.30. The monoisotopic (exact) mass is 343 g/mol.